The van der Waals surface area contributed by atoms with Crippen LogP contribution in [0.3, 0.4) is 0 Å². The Morgan fingerprint density at radius 3 is 2.75 bits per heavy atom. The van der Waals surface area contributed by atoms with E-state index in [-0.39, 0.29) is 30.1 Å². The van der Waals surface area contributed by atoms with Gasteiger partial charge in [0.25, 0.3) is 0 Å². The molecule has 3 atom stereocenters. The molecular formula is C24H27ClN4O3. The topological polar surface area (TPSA) is 111 Å². The average molecular weight is 455 g/mol. The third-order valence-corrected chi connectivity index (χ3v) is 6.63. The van der Waals surface area contributed by atoms with Gasteiger partial charge in [0.05, 0.1) is 6.07 Å². The highest BCUT2D eigenvalue weighted by molar-refractivity contribution is 6.30. The lowest BCUT2D eigenvalue weighted by Gasteiger charge is -2.25. The molecule has 168 valence electrons. The van der Waals surface area contributed by atoms with Crippen LogP contribution >= 0.6 is 11.6 Å². The zero-order valence-electron chi connectivity index (χ0n) is 17.8. The summed E-state index contributed by atoms with van der Waals surface area (Å²) in [6, 6.07) is 6.15. The number of halogens is 1. The van der Waals surface area contributed by atoms with E-state index in [1.54, 1.807) is 6.07 Å². The van der Waals surface area contributed by atoms with E-state index >= 15 is 0 Å². The van der Waals surface area contributed by atoms with Crippen LogP contribution in [0.1, 0.15) is 49.7 Å². The van der Waals surface area contributed by atoms with Gasteiger partial charge in [0.1, 0.15) is 12.1 Å². The second kappa shape index (κ2) is 9.74. The second-order valence-corrected chi connectivity index (χ2v) is 9.39. The van der Waals surface area contributed by atoms with E-state index in [9.17, 15) is 19.6 Å². The molecule has 2 aliphatic carbocycles. The highest BCUT2D eigenvalue weighted by atomic mass is 35.5. The minimum atomic E-state index is -0.771. The molecule has 1 saturated carbocycles. The van der Waals surface area contributed by atoms with Crippen molar-refractivity contribution in [2.45, 2.75) is 57.0 Å². The first-order valence-corrected chi connectivity index (χ1v) is 11.6. The van der Waals surface area contributed by atoms with Gasteiger partial charge in [0.2, 0.25) is 17.7 Å². The van der Waals surface area contributed by atoms with E-state index in [1.165, 1.54) is 0 Å². The number of nitriles is 1. The normalized spacial score (nSPS) is 21.4. The Kier molecular flexibility index (Phi) is 6.80. The molecule has 3 N–H and O–H groups in total. The Balaban J connectivity index is 1.38. The van der Waals surface area contributed by atoms with E-state index in [2.05, 4.69) is 22.0 Å². The summed E-state index contributed by atoms with van der Waals surface area (Å²) < 4.78 is 0. The van der Waals surface area contributed by atoms with Crippen molar-refractivity contribution in [3.05, 3.63) is 39.9 Å². The van der Waals surface area contributed by atoms with Crippen LogP contribution < -0.4 is 16.0 Å². The van der Waals surface area contributed by atoms with Crippen molar-refractivity contribution in [3.8, 4) is 6.07 Å². The zero-order chi connectivity index (χ0) is 22.7. The van der Waals surface area contributed by atoms with Gasteiger partial charge in [-0.15, -0.1) is 0 Å². The minimum Gasteiger partial charge on any atom is -0.356 e. The molecule has 2 fully saturated rings. The third-order valence-electron chi connectivity index (χ3n) is 6.39. The molecule has 1 saturated heterocycles. The van der Waals surface area contributed by atoms with Crippen LogP contribution in [0.25, 0.3) is 6.08 Å². The fraction of sp³-hybridized carbons (Fsp3) is 0.500. The smallest absolute Gasteiger partial charge is 0.248 e. The van der Waals surface area contributed by atoms with Crippen LogP contribution in [-0.2, 0) is 20.8 Å². The molecule has 3 aliphatic rings. The highest BCUT2D eigenvalue weighted by Crippen LogP contribution is 2.34. The molecule has 0 unspecified atom stereocenters. The first-order chi connectivity index (χ1) is 15.4. The first kappa shape index (κ1) is 22.3. The predicted octanol–water partition coefficient (Wildman–Crippen LogP) is 2.49. The summed E-state index contributed by atoms with van der Waals surface area (Å²) in [6.45, 7) is 0.653. The summed E-state index contributed by atoms with van der Waals surface area (Å²) in [4.78, 5) is 37.9. The Bertz CT molecular complexity index is 995. The van der Waals surface area contributed by atoms with Crippen LogP contribution in [-0.4, -0.2) is 36.3 Å². The number of carbonyl (C=O) groups is 3. The van der Waals surface area contributed by atoms with Crippen LogP contribution in [0, 0.1) is 23.2 Å². The summed E-state index contributed by atoms with van der Waals surface area (Å²) >= 11 is 6.05. The standard InChI is InChI=1S/C24H27ClN4O3/c25-19-6-5-15-9-18(10-17(15)11-19)23(31)29-21(8-14-3-4-14)24(32)28-20(13-26)12-16-2-1-7-27-22(16)30/h5-6,10-11,14,16,20-21H,1-4,7-9,12H2,(H,27,30)(H,28,32)(H,29,31)/t16-,20-,21-/m0/s1. The average Bonchev–Trinajstić information content (AvgIpc) is 3.49. The van der Waals surface area contributed by atoms with Gasteiger partial charge in [-0.1, -0.05) is 30.5 Å². The number of nitrogens with one attached hydrogen (secondary N) is 3. The van der Waals surface area contributed by atoms with Gasteiger partial charge in [-0.05, 0) is 60.9 Å². The zero-order valence-corrected chi connectivity index (χ0v) is 18.6. The van der Waals surface area contributed by atoms with Gasteiger partial charge in [0, 0.05) is 29.5 Å². The van der Waals surface area contributed by atoms with Gasteiger partial charge >= 0.3 is 0 Å². The lowest BCUT2D eigenvalue weighted by Crippen LogP contribution is -2.51. The lowest BCUT2D eigenvalue weighted by molar-refractivity contribution is -0.129. The molecule has 1 aliphatic heterocycles. The van der Waals surface area contributed by atoms with Crippen molar-refractivity contribution < 1.29 is 14.4 Å². The van der Waals surface area contributed by atoms with Crippen molar-refractivity contribution in [1.29, 1.82) is 5.26 Å². The molecule has 8 heteroatoms. The molecule has 1 aromatic rings. The van der Waals surface area contributed by atoms with Crippen LogP contribution in [0.4, 0.5) is 0 Å². The molecule has 1 heterocycles. The van der Waals surface area contributed by atoms with Crippen molar-refractivity contribution in [1.82, 2.24) is 16.0 Å². The summed E-state index contributed by atoms with van der Waals surface area (Å²) in [6.07, 6.45) is 6.78. The Labute approximate surface area is 192 Å². The second-order valence-electron chi connectivity index (χ2n) is 8.95. The van der Waals surface area contributed by atoms with Crippen LogP contribution in [0.2, 0.25) is 5.02 Å². The number of piperidine rings is 1. The number of nitrogens with zero attached hydrogens (tertiary/aromatic N) is 1. The fourth-order valence-corrected chi connectivity index (χ4v) is 4.56. The van der Waals surface area contributed by atoms with E-state index < -0.39 is 12.1 Å². The molecule has 1 aromatic carbocycles. The highest BCUT2D eigenvalue weighted by Gasteiger charge is 2.33. The first-order valence-electron chi connectivity index (χ1n) is 11.2. The van der Waals surface area contributed by atoms with Gasteiger partial charge < -0.3 is 16.0 Å². The van der Waals surface area contributed by atoms with Crippen molar-refractivity contribution in [2.75, 3.05) is 6.54 Å². The quantitative estimate of drug-likeness (QED) is 0.560. The minimum absolute atomic E-state index is 0.0681. The number of rotatable bonds is 8. The van der Waals surface area contributed by atoms with E-state index in [4.69, 9.17) is 11.6 Å². The Hall–Kier alpha value is -2.85. The number of hydrogen-bond donors (Lipinski definition) is 3. The summed E-state index contributed by atoms with van der Waals surface area (Å²) in [7, 11) is 0. The monoisotopic (exact) mass is 454 g/mol. The van der Waals surface area contributed by atoms with Gasteiger partial charge in [-0.3, -0.25) is 14.4 Å². The number of fused-ring (bicyclic) bond motifs is 1. The van der Waals surface area contributed by atoms with Crippen LogP contribution in [0.15, 0.2) is 23.8 Å². The molecular weight excluding hydrogens is 428 g/mol. The number of benzene rings is 1. The molecule has 0 spiro atoms. The predicted molar refractivity (Wildman–Crippen MR) is 120 cm³/mol. The molecule has 7 nitrogen and oxygen atoms in total. The van der Waals surface area contributed by atoms with Crippen molar-refractivity contribution >= 4 is 35.4 Å². The molecule has 32 heavy (non-hydrogen) atoms. The number of amides is 3. The Morgan fingerprint density at radius 1 is 1.22 bits per heavy atom. The maximum atomic E-state index is 13.0. The maximum absolute atomic E-state index is 13.0. The third kappa shape index (κ3) is 5.49. The van der Waals surface area contributed by atoms with Gasteiger partial charge in [0.15, 0.2) is 0 Å². The summed E-state index contributed by atoms with van der Waals surface area (Å²) in [5.74, 6) is -0.588. The van der Waals surface area contributed by atoms with Gasteiger partial charge in [-0.25, -0.2) is 0 Å². The SMILES string of the molecule is N#C[C@H](C[C@@H]1CCCNC1=O)NC(=O)[C@H](CC1CC1)NC(=O)C1=Cc2cc(Cl)ccc2C1. The fourth-order valence-electron chi connectivity index (χ4n) is 4.38. The van der Waals surface area contributed by atoms with Crippen LogP contribution in [0.5, 0.6) is 0 Å². The lowest BCUT2D eigenvalue weighted by atomic mass is 9.92. The molecule has 3 amide bonds. The number of hydrogen-bond acceptors (Lipinski definition) is 4. The summed E-state index contributed by atoms with van der Waals surface area (Å²) in [5, 5.41) is 18.6. The van der Waals surface area contributed by atoms with Gasteiger partial charge in [-0.2, -0.15) is 5.26 Å². The molecule has 0 aromatic heterocycles. The van der Waals surface area contributed by atoms with E-state index in [1.807, 2.05) is 18.2 Å². The number of carbonyl (C=O) groups excluding carboxylic acids is 3. The van der Waals surface area contributed by atoms with E-state index in [0.717, 1.165) is 30.4 Å². The largest absolute Gasteiger partial charge is 0.356 e. The Morgan fingerprint density at radius 2 is 2.03 bits per heavy atom. The summed E-state index contributed by atoms with van der Waals surface area (Å²) in [5.41, 5.74) is 2.53. The molecule has 0 bridgehead atoms. The molecule has 4 rings (SSSR count). The molecule has 0 radical (unpaired) electrons. The van der Waals surface area contributed by atoms with Crippen molar-refractivity contribution in [3.63, 3.8) is 0 Å². The maximum Gasteiger partial charge on any atom is 0.248 e. The van der Waals surface area contributed by atoms with Crippen molar-refractivity contribution in [2.24, 2.45) is 11.8 Å². The van der Waals surface area contributed by atoms with E-state index in [0.29, 0.717) is 42.3 Å².